The SMILES string of the molecule is CO[B-](n1ccc(C(C)C)n1)n1ccc(C(C)C)n1. The van der Waals surface area contributed by atoms with E-state index in [0.29, 0.717) is 11.8 Å². The Hall–Kier alpha value is -1.56. The van der Waals surface area contributed by atoms with Gasteiger partial charge in [-0.15, -0.1) is 0 Å². The minimum absolute atomic E-state index is 0.333. The molecule has 0 saturated carbocycles. The van der Waals surface area contributed by atoms with Gasteiger partial charge in [0.25, 0.3) is 7.19 Å². The van der Waals surface area contributed by atoms with Crippen LogP contribution in [0, 0.1) is 0 Å². The molecule has 0 aromatic carbocycles. The highest BCUT2D eigenvalue weighted by Gasteiger charge is 2.10. The monoisotopic (exact) mass is 260 g/mol. The van der Waals surface area contributed by atoms with Crippen molar-refractivity contribution in [1.82, 2.24) is 19.4 Å². The molecule has 0 saturated heterocycles. The van der Waals surface area contributed by atoms with E-state index in [1.807, 2.05) is 24.5 Å². The molecule has 0 atom stereocenters. The van der Waals surface area contributed by atoms with Gasteiger partial charge >= 0.3 is 0 Å². The summed E-state index contributed by atoms with van der Waals surface area (Å²) in [6, 6.07) is 4.03. The zero-order valence-corrected chi connectivity index (χ0v) is 12.2. The Morgan fingerprint density at radius 2 is 1.37 bits per heavy atom. The van der Waals surface area contributed by atoms with Crippen molar-refractivity contribution in [1.29, 1.82) is 0 Å². The molecule has 0 aliphatic carbocycles. The molecular weight excluding hydrogens is 239 g/mol. The highest BCUT2D eigenvalue weighted by atomic mass is 16.4. The Bertz CT molecular complexity index is 486. The molecule has 0 amide bonds. The third-order valence-electron chi connectivity index (χ3n) is 3.10. The Morgan fingerprint density at radius 3 is 1.63 bits per heavy atom. The van der Waals surface area contributed by atoms with E-state index in [1.165, 1.54) is 0 Å². The summed E-state index contributed by atoms with van der Waals surface area (Å²) in [6.07, 6.45) is 3.86. The zero-order valence-electron chi connectivity index (χ0n) is 12.2. The van der Waals surface area contributed by atoms with E-state index in [9.17, 15) is 0 Å². The standard InChI is InChI=1S/C13H21BN4O/c1-10(2)12-6-8-17(15-12)14(19-5)18-9-7-13(16-18)11(3)4/h6-11H,1-5H3/q-1. The smallest absolute Gasteiger partial charge is 0.272 e. The van der Waals surface area contributed by atoms with E-state index in [4.69, 9.17) is 4.65 Å². The maximum Gasteiger partial charge on any atom is 0.272 e. The number of rotatable bonds is 5. The molecule has 0 N–H and O–H groups in total. The van der Waals surface area contributed by atoms with Gasteiger partial charge in [-0.05, 0) is 43.5 Å². The second-order valence-electron chi connectivity index (χ2n) is 5.31. The van der Waals surface area contributed by atoms with Crippen LogP contribution >= 0.6 is 0 Å². The lowest BCUT2D eigenvalue weighted by molar-refractivity contribution is 0.387. The van der Waals surface area contributed by atoms with Gasteiger partial charge < -0.3 is 13.8 Å². The Labute approximate surface area is 114 Å². The molecule has 19 heavy (non-hydrogen) atoms. The van der Waals surface area contributed by atoms with E-state index in [0.717, 1.165) is 11.4 Å². The first-order valence-electron chi connectivity index (χ1n) is 6.65. The van der Waals surface area contributed by atoms with Crippen molar-refractivity contribution < 1.29 is 4.65 Å². The van der Waals surface area contributed by atoms with Crippen molar-refractivity contribution in [2.24, 2.45) is 0 Å². The average molecular weight is 260 g/mol. The first kappa shape index (κ1) is 13.9. The van der Waals surface area contributed by atoms with Gasteiger partial charge in [-0.3, -0.25) is 0 Å². The molecule has 0 aliphatic rings. The third-order valence-corrected chi connectivity index (χ3v) is 3.10. The molecule has 0 bridgehead atoms. The molecule has 0 spiro atoms. The van der Waals surface area contributed by atoms with E-state index in [2.05, 4.69) is 37.9 Å². The van der Waals surface area contributed by atoms with Crippen LogP contribution in [0.25, 0.3) is 0 Å². The Kier molecular flexibility index (Phi) is 4.09. The molecule has 0 aliphatic heterocycles. The quantitative estimate of drug-likeness (QED) is 0.775. The fourth-order valence-corrected chi connectivity index (χ4v) is 1.90. The fourth-order valence-electron chi connectivity index (χ4n) is 1.90. The summed E-state index contributed by atoms with van der Waals surface area (Å²) < 4.78 is 9.11. The molecule has 2 aromatic heterocycles. The molecule has 6 heteroatoms. The predicted octanol–water partition coefficient (Wildman–Crippen LogP) is 2.35. The number of nitrogens with zero attached hydrogens (tertiary/aromatic N) is 4. The fraction of sp³-hybridized carbons (Fsp3) is 0.538. The van der Waals surface area contributed by atoms with Gasteiger partial charge in [0.05, 0.1) is 11.4 Å². The van der Waals surface area contributed by atoms with E-state index in [-0.39, 0.29) is 7.19 Å². The minimum atomic E-state index is -0.333. The van der Waals surface area contributed by atoms with Crippen molar-refractivity contribution in [3.63, 3.8) is 0 Å². The zero-order chi connectivity index (χ0) is 14.0. The van der Waals surface area contributed by atoms with Crippen molar-refractivity contribution in [3.05, 3.63) is 35.9 Å². The molecule has 2 heterocycles. The maximum absolute atomic E-state index is 5.51. The van der Waals surface area contributed by atoms with Crippen LogP contribution in [0.4, 0.5) is 0 Å². The topological polar surface area (TPSA) is 44.9 Å². The van der Waals surface area contributed by atoms with Crippen LogP contribution in [0.2, 0.25) is 0 Å². The van der Waals surface area contributed by atoms with Gasteiger partial charge in [0.15, 0.2) is 0 Å². The lowest BCUT2D eigenvalue weighted by Crippen LogP contribution is -2.37. The van der Waals surface area contributed by atoms with Crippen LogP contribution in [0.3, 0.4) is 0 Å². The van der Waals surface area contributed by atoms with Crippen LogP contribution in [-0.4, -0.2) is 33.7 Å². The van der Waals surface area contributed by atoms with Gasteiger partial charge in [-0.25, -0.2) is 10.2 Å². The molecular formula is C13H21BN4O-. The molecule has 5 nitrogen and oxygen atoms in total. The second-order valence-corrected chi connectivity index (χ2v) is 5.31. The number of aromatic nitrogens is 4. The summed E-state index contributed by atoms with van der Waals surface area (Å²) in [5, 5.41) is 9.08. The highest BCUT2D eigenvalue weighted by molar-refractivity contribution is 6.47. The van der Waals surface area contributed by atoms with Crippen molar-refractivity contribution in [2.45, 2.75) is 39.5 Å². The van der Waals surface area contributed by atoms with Gasteiger partial charge in [0, 0.05) is 0 Å². The average Bonchev–Trinajstić information content (AvgIpc) is 2.98. The summed E-state index contributed by atoms with van der Waals surface area (Å²) in [4.78, 5) is 0. The largest absolute Gasteiger partial charge is 0.577 e. The molecule has 0 unspecified atom stereocenters. The van der Waals surface area contributed by atoms with Crippen LogP contribution in [0.5, 0.6) is 0 Å². The summed E-state index contributed by atoms with van der Waals surface area (Å²) in [5.74, 6) is 0.810. The van der Waals surface area contributed by atoms with Gasteiger partial charge in [-0.1, -0.05) is 27.7 Å². The van der Waals surface area contributed by atoms with E-state index >= 15 is 0 Å². The molecule has 1 radical (unpaired) electrons. The first-order chi connectivity index (χ1) is 9.02. The van der Waals surface area contributed by atoms with Crippen molar-refractivity contribution in [3.8, 4) is 0 Å². The molecule has 2 rings (SSSR count). The van der Waals surface area contributed by atoms with Crippen LogP contribution in [-0.2, 0) is 4.65 Å². The summed E-state index contributed by atoms with van der Waals surface area (Å²) >= 11 is 0. The third kappa shape index (κ3) is 2.89. The maximum atomic E-state index is 5.51. The lowest BCUT2D eigenvalue weighted by Gasteiger charge is -2.27. The lowest BCUT2D eigenvalue weighted by atomic mass is 10.0. The summed E-state index contributed by atoms with van der Waals surface area (Å²) in [6.45, 7) is 8.50. The van der Waals surface area contributed by atoms with Crippen molar-refractivity contribution in [2.75, 3.05) is 7.11 Å². The van der Waals surface area contributed by atoms with Crippen LogP contribution in [0.15, 0.2) is 24.5 Å². The predicted molar refractivity (Wildman–Crippen MR) is 76.2 cm³/mol. The van der Waals surface area contributed by atoms with Gasteiger partial charge in [-0.2, -0.15) is 0 Å². The van der Waals surface area contributed by atoms with E-state index < -0.39 is 0 Å². The van der Waals surface area contributed by atoms with Gasteiger partial charge in [0.2, 0.25) is 0 Å². The summed E-state index contributed by atoms with van der Waals surface area (Å²) in [7, 11) is 1.33. The number of hydrogen-bond donors (Lipinski definition) is 0. The van der Waals surface area contributed by atoms with Crippen LogP contribution < -0.4 is 0 Å². The highest BCUT2D eigenvalue weighted by Crippen LogP contribution is 2.13. The van der Waals surface area contributed by atoms with Gasteiger partial charge in [0.1, 0.15) is 0 Å². The molecule has 103 valence electrons. The second kappa shape index (κ2) is 5.61. The molecule has 0 fully saturated rings. The Balaban J connectivity index is 2.27. The number of hydrogen-bond acceptors (Lipinski definition) is 3. The Morgan fingerprint density at radius 1 is 0.947 bits per heavy atom. The first-order valence-corrected chi connectivity index (χ1v) is 6.65. The van der Waals surface area contributed by atoms with Crippen LogP contribution in [0.1, 0.15) is 50.9 Å². The minimum Gasteiger partial charge on any atom is -0.577 e. The normalized spacial score (nSPS) is 12.0. The van der Waals surface area contributed by atoms with E-state index in [1.54, 1.807) is 16.3 Å². The van der Waals surface area contributed by atoms with Crippen molar-refractivity contribution >= 4 is 7.19 Å². The summed E-state index contributed by atoms with van der Waals surface area (Å²) in [5.41, 5.74) is 2.11. The molecule has 2 aromatic rings.